The molecule has 0 saturated heterocycles. The van der Waals surface area contributed by atoms with Gasteiger partial charge in [0.15, 0.2) is 0 Å². The third kappa shape index (κ3) is 6.85. The van der Waals surface area contributed by atoms with Crippen molar-refractivity contribution in [1.29, 1.82) is 0 Å². The maximum absolute atomic E-state index is 4.83. The molecular formula is C16H16Cl4. The van der Waals surface area contributed by atoms with Gasteiger partial charge in [-0.1, -0.05) is 94.4 Å². The number of benzene rings is 2. The lowest BCUT2D eigenvalue weighted by molar-refractivity contribution is 1.34. The van der Waals surface area contributed by atoms with Gasteiger partial charge in [-0.3, -0.25) is 0 Å². The summed E-state index contributed by atoms with van der Waals surface area (Å²) in [4.78, 5) is 0. The summed E-state index contributed by atoms with van der Waals surface area (Å²) in [7, 11) is 0. The minimum atomic E-state index is -1.61. The van der Waals surface area contributed by atoms with Crippen LogP contribution in [0.15, 0.2) is 42.5 Å². The lowest BCUT2D eigenvalue weighted by Gasteiger charge is -2.06. The molecule has 2 aromatic carbocycles. The zero-order valence-corrected chi connectivity index (χ0v) is 14.6. The van der Waals surface area contributed by atoms with Crippen LogP contribution < -0.4 is 0 Å². The Labute approximate surface area is 140 Å². The van der Waals surface area contributed by atoms with E-state index in [1.54, 1.807) is 0 Å². The maximum Gasteiger partial charge on any atom is 0.266 e. The van der Waals surface area contributed by atoms with E-state index in [4.69, 9.17) is 46.4 Å². The van der Waals surface area contributed by atoms with E-state index in [9.17, 15) is 0 Å². The van der Waals surface area contributed by atoms with Crippen molar-refractivity contribution in [3.8, 4) is 11.1 Å². The molecule has 0 aliphatic rings. The van der Waals surface area contributed by atoms with Crippen LogP contribution >= 0.6 is 46.4 Å². The van der Waals surface area contributed by atoms with Crippen molar-refractivity contribution in [2.45, 2.75) is 24.0 Å². The number of rotatable bonds is 1. The zero-order valence-electron chi connectivity index (χ0n) is 11.6. The van der Waals surface area contributed by atoms with Gasteiger partial charge in [-0.2, -0.15) is 0 Å². The van der Waals surface area contributed by atoms with Crippen LogP contribution in [0.25, 0.3) is 11.1 Å². The van der Waals surface area contributed by atoms with Gasteiger partial charge in [0.2, 0.25) is 0 Å². The lowest BCUT2D eigenvalue weighted by Crippen LogP contribution is -1.84. The topological polar surface area (TPSA) is 0 Å². The summed E-state index contributed by atoms with van der Waals surface area (Å²) in [5.74, 6) is 0. The molecule has 0 amide bonds. The third-order valence-electron chi connectivity index (χ3n) is 2.86. The Morgan fingerprint density at radius 2 is 1.25 bits per heavy atom. The summed E-state index contributed by atoms with van der Waals surface area (Å²) >= 11 is 19.3. The molecule has 0 bridgehead atoms. The maximum atomic E-state index is 4.83. The molecule has 0 heterocycles. The monoisotopic (exact) mass is 348 g/mol. The predicted octanol–water partition coefficient (Wildman–Crippen LogP) is 6.83. The van der Waals surface area contributed by atoms with Crippen molar-refractivity contribution in [3.05, 3.63) is 59.2 Å². The van der Waals surface area contributed by atoms with Gasteiger partial charge in [-0.25, -0.2) is 0 Å². The number of hydrogen-bond donors (Lipinski definition) is 0. The third-order valence-corrected chi connectivity index (χ3v) is 2.86. The fourth-order valence-corrected chi connectivity index (χ4v) is 1.75. The average molecular weight is 350 g/mol. The molecule has 0 fully saturated rings. The molecule has 0 aliphatic carbocycles. The molecule has 0 atom stereocenters. The van der Waals surface area contributed by atoms with E-state index < -0.39 is 3.25 Å². The zero-order chi connectivity index (χ0) is 15.3. The summed E-state index contributed by atoms with van der Waals surface area (Å²) in [5, 5.41) is 0. The second-order valence-electron chi connectivity index (χ2n) is 4.60. The minimum absolute atomic E-state index is 1.30. The highest BCUT2D eigenvalue weighted by Crippen LogP contribution is 2.29. The van der Waals surface area contributed by atoms with Gasteiger partial charge in [0.05, 0.1) is 0 Å². The standard InChI is InChI=1S/C15H16.CCl4/c1-11-5-4-6-14(9-11)15-8-7-12(2)13(3)10-15;2-1(3,4)5/h4-10H,1-3H3;. The van der Waals surface area contributed by atoms with E-state index in [0.29, 0.717) is 0 Å². The molecule has 20 heavy (non-hydrogen) atoms. The Kier molecular flexibility index (Phi) is 6.68. The first-order chi connectivity index (χ1) is 9.16. The highest BCUT2D eigenvalue weighted by molar-refractivity contribution is 6.83. The second-order valence-corrected chi connectivity index (χ2v) is 8.03. The predicted molar refractivity (Wildman–Crippen MR) is 92.2 cm³/mol. The first-order valence-electron chi connectivity index (χ1n) is 6.07. The normalized spacial score (nSPS) is 10.8. The van der Waals surface area contributed by atoms with Crippen molar-refractivity contribution in [3.63, 3.8) is 0 Å². The van der Waals surface area contributed by atoms with E-state index in [1.807, 2.05) is 0 Å². The van der Waals surface area contributed by atoms with Crippen LogP contribution in [0.4, 0.5) is 0 Å². The number of halogens is 4. The van der Waals surface area contributed by atoms with Crippen molar-refractivity contribution in [1.82, 2.24) is 0 Å². The Morgan fingerprint density at radius 1 is 0.700 bits per heavy atom. The van der Waals surface area contributed by atoms with E-state index in [0.717, 1.165) is 0 Å². The van der Waals surface area contributed by atoms with Crippen LogP contribution in [-0.2, 0) is 0 Å². The van der Waals surface area contributed by atoms with Gasteiger partial charge in [-0.15, -0.1) is 0 Å². The minimum Gasteiger partial charge on any atom is -0.0664 e. The summed E-state index contributed by atoms with van der Waals surface area (Å²) in [6.45, 7) is 6.44. The van der Waals surface area contributed by atoms with Gasteiger partial charge >= 0.3 is 0 Å². The average Bonchev–Trinajstić information content (AvgIpc) is 2.30. The van der Waals surface area contributed by atoms with Gasteiger partial charge in [0.1, 0.15) is 0 Å². The van der Waals surface area contributed by atoms with Crippen LogP contribution in [0.2, 0.25) is 0 Å². The number of hydrogen-bond acceptors (Lipinski definition) is 0. The largest absolute Gasteiger partial charge is 0.266 e. The van der Waals surface area contributed by atoms with Gasteiger partial charge in [0, 0.05) is 0 Å². The van der Waals surface area contributed by atoms with Crippen LogP contribution in [0, 0.1) is 20.8 Å². The smallest absolute Gasteiger partial charge is 0.0664 e. The molecule has 0 N–H and O–H groups in total. The van der Waals surface area contributed by atoms with Gasteiger partial charge in [0.25, 0.3) is 3.25 Å². The second kappa shape index (κ2) is 7.56. The Morgan fingerprint density at radius 3 is 1.75 bits per heavy atom. The van der Waals surface area contributed by atoms with Crippen molar-refractivity contribution in [2.75, 3.05) is 0 Å². The molecule has 0 aromatic heterocycles. The Hall–Kier alpha value is -0.400. The molecule has 0 saturated carbocycles. The summed E-state index contributed by atoms with van der Waals surface area (Å²) in [6, 6.07) is 15.3. The van der Waals surface area contributed by atoms with Crippen LogP contribution in [0.5, 0.6) is 0 Å². The first kappa shape index (κ1) is 17.7. The van der Waals surface area contributed by atoms with Gasteiger partial charge < -0.3 is 0 Å². The molecule has 0 spiro atoms. The van der Waals surface area contributed by atoms with E-state index in [2.05, 4.69) is 63.2 Å². The molecule has 0 aliphatic heterocycles. The van der Waals surface area contributed by atoms with Crippen molar-refractivity contribution >= 4 is 46.4 Å². The van der Waals surface area contributed by atoms with Gasteiger partial charge in [-0.05, 0) is 43.0 Å². The molecule has 2 aromatic rings. The lowest BCUT2D eigenvalue weighted by atomic mass is 9.99. The SMILES string of the molecule is Cc1cccc(-c2ccc(C)c(C)c2)c1.ClC(Cl)(Cl)Cl. The van der Waals surface area contributed by atoms with E-state index >= 15 is 0 Å². The Bertz CT molecular complexity index is 565. The van der Waals surface area contributed by atoms with Crippen molar-refractivity contribution in [2.24, 2.45) is 0 Å². The van der Waals surface area contributed by atoms with Crippen LogP contribution in [-0.4, -0.2) is 3.25 Å². The summed E-state index contributed by atoms with van der Waals surface area (Å²) < 4.78 is -1.61. The van der Waals surface area contributed by atoms with Crippen LogP contribution in [0.3, 0.4) is 0 Å². The van der Waals surface area contributed by atoms with E-state index in [1.165, 1.54) is 27.8 Å². The fourth-order valence-electron chi connectivity index (χ4n) is 1.75. The molecule has 0 radical (unpaired) electrons. The fraction of sp³-hybridized carbons (Fsp3) is 0.250. The molecule has 2 rings (SSSR count). The van der Waals surface area contributed by atoms with Crippen molar-refractivity contribution < 1.29 is 0 Å². The van der Waals surface area contributed by atoms with Crippen LogP contribution in [0.1, 0.15) is 16.7 Å². The highest BCUT2D eigenvalue weighted by atomic mass is 35.6. The number of alkyl halides is 4. The molecular weight excluding hydrogens is 334 g/mol. The molecule has 108 valence electrons. The molecule has 0 unspecified atom stereocenters. The summed E-state index contributed by atoms with van der Waals surface area (Å²) in [6.07, 6.45) is 0. The molecule has 4 heteroatoms. The molecule has 0 nitrogen and oxygen atoms in total. The number of aryl methyl sites for hydroxylation is 3. The Balaban J connectivity index is 0.000000347. The first-order valence-corrected chi connectivity index (χ1v) is 7.58. The summed E-state index contributed by atoms with van der Waals surface area (Å²) in [5.41, 5.74) is 6.63. The quantitative estimate of drug-likeness (QED) is 0.495. The highest BCUT2D eigenvalue weighted by Gasteiger charge is 2.11. The van der Waals surface area contributed by atoms with E-state index in [-0.39, 0.29) is 0 Å².